The molecule has 0 saturated carbocycles. The molecule has 1 unspecified atom stereocenters. The summed E-state index contributed by atoms with van der Waals surface area (Å²) in [7, 11) is -0.00747. The fourth-order valence-electron chi connectivity index (χ4n) is 2.60. The smallest absolute Gasteiger partial charge is 0.228 e. The van der Waals surface area contributed by atoms with Gasteiger partial charge in [0.15, 0.2) is 7.14 Å². The largest absolute Gasteiger partial charge is 0.496 e. The Bertz CT molecular complexity index is 556. The monoisotopic (exact) mass is 340 g/mol. The molecule has 1 atom stereocenters. The topological polar surface area (TPSA) is 52.6 Å². The molecule has 0 aliphatic rings. The number of carbonyl (C=O) groups excluding carboxylic acids is 1. The second-order valence-electron chi connectivity index (χ2n) is 6.71. The molecule has 0 aliphatic heterocycles. The summed E-state index contributed by atoms with van der Waals surface area (Å²) in [5.41, 5.74) is -0.00797. The third-order valence-corrected chi connectivity index (χ3v) is 7.00. The second-order valence-corrected chi connectivity index (χ2v) is 9.71. The Hall–Kier alpha value is -1.28. The van der Waals surface area contributed by atoms with Crippen LogP contribution in [-0.2, 0) is 4.57 Å². The van der Waals surface area contributed by atoms with Crippen LogP contribution in [-0.4, -0.2) is 32.1 Å². The van der Waals surface area contributed by atoms with Gasteiger partial charge in [0.05, 0.1) is 14.2 Å². The van der Waals surface area contributed by atoms with Crippen molar-refractivity contribution in [1.82, 2.24) is 0 Å². The molecule has 0 aromatic heterocycles. The molecule has 0 amide bonds. The average Bonchev–Trinajstić information content (AvgIpc) is 2.50. The van der Waals surface area contributed by atoms with Gasteiger partial charge in [0.1, 0.15) is 17.1 Å². The minimum atomic E-state index is -3.02. The molecule has 0 fully saturated rings. The van der Waals surface area contributed by atoms with Crippen LogP contribution in [0.3, 0.4) is 0 Å². The molecule has 1 aromatic carbocycles. The van der Waals surface area contributed by atoms with E-state index in [9.17, 15) is 9.36 Å². The highest BCUT2D eigenvalue weighted by molar-refractivity contribution is 7.81. The standard InChI is InChI=1S/C18H29O4P/c1-13(2)10-11-23(20,12-14(3)4)18(19)17-15(21-5)8-7-9-16(17)22-6/h7-9,13-14H,10-12H2,1-6H3. The molecule has 0 saturated heterocycles. The first-order chi connectivity index (χ1) is 10.7. The summed E-state index contributed by atoms with van der Waals surface area (Å²) < 4.78 is 24.1. The van der Waals surface area contributed by atoms with Gasteiger partial charge >= 0.3 is 0 Å². The number of hydrogen-bond donors (Lipinski definition) is 0. The summed E-state index contributed by atoms with van der Waals surface area (Å²) in [6, 6.07) is 5.17. The predicted octanol–water partition coefficient (Wildman–Crippen LogP) is 4.91. The fraction of sp³-hybridized carbons (Fsp3) is 0.611. The lowest BCUT2D eigenvalue weighted by atomic mass is 10.2. The number of methoxy groups -OCH3 is 2. The number of carbonyl (C=O) groups is 1. The molecule has 0 spiro atoms. The summed E-state index contributed by atoms with van der Waals surface area (Å²) >= 11 is 0. The Labute approximate surface area is 139 Å². The van der Waals surface area contributed by atoms with Crippen LogP contribution in [0.1, 0.15) is 44.5 Å². The van der Waals surface area contributed by atoms with Crippen LogP contribution >= 0.6 is 7.14 Å². The zero-order valence-electron chi connectivity index (χ0n) is 15.1. The van der Waals surface area contributed by atoms with Crippen molar-refractivity contribution >= 4 is 12.7 Å². The van der Waals surface area contributed by atoms with Gasteiger partial charge in [0.2, 0.25) is 5.52 Å². The van der Waals surface area contributed by atoms with Crippen LogP contribution in [0.2, 0.25) is 0 Å². The average molecular weight is 340 g/mol. The van der Waals surface area contributed by atoms with Gasteiger partial charge in [-0.1, -0.05) is 33.8 Å². The van der Waals surface area contributed by atoms with Crippen molar-refractivity contribution in [2.24, 2.45) is 11.8 Å². The maximum absolute atomic E-state index is 13.5. The van der Waals surface area contributed by atoms with Crippen molar-refractivity contribution in [1.29, 1.82) is 0 Å². The third kappa shape index (κ3) is 5.10. The Morgan fingerprint density at radius 2 is 1.57 bits per heavy atom. The van der Waals surface area contributed by atoms with E-state index in [1.165, 1.54) is 14.2 Å². The van der Waals surface area contributed by atoms with Crippen LogP contribution in [0, 0.1) is 11.8 Å². The molecular weight excluding hydrogens is 311 g/mol. The Morgan fingerprint density at radius 1 is 1.04 bits per heavy atom. The molecule has 0 aliphatic carbocycles. The summed E-state index contributed by atoms with van der Waals surface area (Å²) in [5, 5.41) is 0. The molecule has 1 aromatic rings. The minimum absolute atomic E-state index is 0.192. The van der Waals surface area contributed by atoms with Gasteiger partial charge in [0.25, 0.3) is 0 Å². The fourth-order valence-corrected chi connectivity index (χ4v) is 5.89. The SMILES string of the molecule is COc1cccc(OC)c1C(=O)P(=O)(CCC(C)C)CC(C)C. The number of ether oxygens (including phenoxy) is 2. The van der Waals surface area contributed by atoms with E-state index in [1.807, 2.05) is 13.8 Å². The molecule has 0 radical (unpaired) electrons. The highest BCUT2D eigenvalue weighted by Crippen LogP contribution is 2.54. The molecule has 0 N–H and O–H groups in total. The normalized spacial score (nSPS) is 13.9. The summed E-state index contributed by atoms with van der Waals surface area (Å²) in [6.45, 7) is 8.14. The highest BCUT2D eigenvalue weighted by Gasteiger charge is 2.36. The van der Waals surface area contributed by atoms with Crippen molar-refractivity contribution < 1.29 is 18.8 Å². The Balaban J connectivity index is 3.32. The lowest BCUT2D eigenvalue weighted by Crippen LogP contribution is -2.14. The van der Waals surface area contributed by atoms with E-state index in [0.717, 1.165) is 6.42 Å². The number of benzene rings is 1. The predicted molar refractivity (Wildman–Crippen MR) is 95.5 cm³/mol. The van der Waals surface area contributed by atoms with Crippen LogP contribution in [0.15, 0.2) is 18.2 Å². The second kappa shape index (κ2) is 8.54. The van der Waals surface area contributed by atoms with Crippen LogP contribution in [0.4, 0.5) is 0 Å². The summed E-state index contributed by atoms with van der Waals surface area (Å²) in [5.74, 6) is 1.44. The lowest BCUT2D eigenvalue weighted by molar-refractivity contribution is 0.106. The molecule has 5 heteroatoms. The zero-order valence-corrected chi connectivity index (χ0v) is 16.0. The third-order valence-electron chi connectivity index (χ3n) is 3.74. The molecule has 23 heavy (non-hydrogen) atoms. The van der Waals surface area contributed by atoms with E-state index >= 15 is 0 Å². The van der Waals surface area contributed by atoms with E-state index in [1.54, 1.807) is 18.2 Å². The molecule has 1 rings (SSSR count). The van der Waals surface area contributed by atoms with E-state index < -0.39 is 7.14 Å². The lowest BCUT2D eigenvalue weighted by Gasteiger charge is -2.22. The first-order valence-electron chi connectivity index (χ1n) is 8.09. The van der Waals surface area contributed by atoms with Gasteiger partial charge < -0.3 is 14.0 Å². The molecular formula is C18H29O4P. The van der Waals surface area contributed by atoms with Crippen molar-refractivity contribution in [2.45, 2.75) is 34.1 Å². The minimum Gasteiger partial charge on any atom is -0.496 e. The Morgan fingerprint density at radius 3 is 1.96 bits per heavy atom. The molecule has 130 valence electrons. The zero-order chi connectivity index (χ0) is 17.6. The van der Waals surface area contributed by atoms with Crippen LogP contribution in [0.5, 0.6) is 11.5 Å². The highest BCUT2D eigenvalue weighted by atomic mass is 31.2. The van der Waals surface area contributed by atoms with E-state index in [2.05, 4.69) is 13.8 Å². The van der Waals surface area contributed by atoms with E-state index in [4.69, 9.17) is 9.47 Å². The first-order valence-corrected chi connectivity index (χ1v) is 10.2. The van der Waals surface area contributed by atoms with Gasteiger partial charge in [-0.15, -0.1) is 0 Å². The summed E-state index contributed by atoms with van der Waals surface area (Å²) in [4.78, 5) is 13.2. The van der Waals surface area contributed by atoms with E-state index in [0.29, 0.717) is 35.3 Å². The van der Waals surface area contributed by atoms with Gasteiger partial charge in [-0.3, -0.25) is 4.79 Å². The Kier molecular flexibility index (Phi) is 7.34. The van der Waals surface area contributed by atoms with Gasteiger partial charge in [-0.2, -0.15) is 0 Å². The maximum atomic E-state index is 13.5. The number of rotatable bonds is 9. The number of hydrogen-bond acceptors (Lipinski definition) is 4. The van der Waals surface area contributed by atoms with Crippen molar-refractivity contribution in [3.8, 4) is 11.5 Å². The van der Waals surface area contributed by atoms with E-state index in [-0.39, 0.29) is 11.4 Å². The van der Waals surface area contributed by atoms with Crippen molar-refractivity contribution in [3.05, 3.63) is 23.8 Å². The summed E-state index contributed by atoms with van der Waals surface area (Å²) in [6.07, 6.45) is 1.62. The molecule has 4 nitrogen and oxygen atoms in total. The van der Waals surface area contributed by atoms with Gasteiger partial charge in [0, 0.05) is 12.3 Å². The van der Waals surface area contributed by atoms with Gasteiger partial charge in [-0.25, -0.2) is 0 Å². The van der Waals surface area contributed by atoms with Gasteiger partial charge in [-0.05, 0) is 30.4 Å². The first kappa shape index (κ1) is 19.8. The van der Waals surface area contributed by atoms with Crippen molar-refractivity contribution in [2.75, 3.05) is 26.5 Å². The molecule has 0 heterocycles. The molecule has 0 bridgehead atoms. The quantitative estimate of drug-likeness (QED) is 0.599. The van der Waals surface area contributed by atoms with Crippen LogP contribution < -0.4 is 9.47 Å². The maximum Gasteiger partial charge on any atom is 0.228 e. The van der Waals surface area contributed by atoms with Crippen molar-refractivity contribution in [3.63, 3.8) is 0 Å². The van der Waals surface area contributed by atoms with Crippen LogP contribution in [0.25, 0.3) is 0 Å².